The topological polar surface area (TPSA) is 52.1 Å². The van der Waals surface area contributed by atoms with Crippen LogP contribution < -0.4 is 0 Å². The molecular formula is C14H12Cl2N2O2. The van der Waals surface area contributed by atoms with Gasteiger partial charge in [-0.15, -0.1) is 0 Å². The number of rotatable bonds is 4. The number of carbonyl (C=O) groups is 1. The summed E-state index contributed by atoms with van der Waals surface area (Å²) in [6.45, 7) is 0. The van der Waals surface area contributed by atoms with E-state index in [1.54, 1.807) is 18.3 Å². The summed E-state index contributed by atoms with van der Waals surface area (Å²) >= 11 is 12.0. The molecule has 0 aliphatic carbocycles. The normalized spacial score (nSPS) is 10.3. The van der Waals surface area contributed by atoms with E-state index in [-0.39, 0.29) is 12.4 Å². The number of halogens is 2. The predicted molar refractivity (Wildman–Crippen MR) is 77.8 cm³/mol. The summed E-state index contributed by atoms with van der Waals surface area (Å²) in [5.41, 5.74) is 1.50. The van der Waals surface area contributed by atoms with Gasteiger partial charge in [0, 0.05) is 28.8 Å². The maximum absolute atomic E-state index is 11.1. The molecule has 20 heavy (non-hydrogen) atoms. The second-order valence-corrected chi connectivity index (χ2v) is 4.89. The van der Waals surface area contributed by atoms with Gasteiger partial charge in [0.05, 0.1) is 7.11 Å². The van der Waals surface area contributed by atoms with Crippen molar-refractivity contribution in [3.63, 3.8) is 0 Å². The first kappa shape index (κ1) is 14.8. The zero-order chi connectivity index (χ0) is 14.5. The number of aromatic nitrogens is 2. The van der Waals surface area contributed by atoms with Gasteiger partial charge in [-0.2, -0.15) is 0 Å². The molecule has 0 N–H and O–H groups in total. The maximum atomic E-state index is 11.1. The maximum Gasteiger partial charge on any atom is 0.305 e. The van der Waals surface area contributed by atoms with Crippen LogP contribution >= 0.6 is 23.2 Å². The van der Waals surface area contributed by atoms with E-state index >= 15 is 0 Å². The Labute approximate surface area is 126 Å². The molecule has 0 bridgehead atoms. The Morgan fingerprint density at radius 3 is 2.80 bits per heavy atom. The molecule has 0 atom stereocenters. The predicted octanol–water partition coefficient (Wildman–Crippen LogP) is 3.56. The highest BCUT2D eigenvalue weighted by atomic mass is 35.5. The van der Waals surface area contributed by atoms with Gasteiger partial charge < -0.3 is 4.74 Å². The van der Waals surface area contributed by atoms with Gasteiger partial charge in [0.2, 0.25) is 0 Å². The number of esters is 1. The van der Waals surface area contributed by atoms with Crippen LogP contribution in [-0.4, -0.2) is 23.0 Å². The average Bonchev–Trinajstić information content (AvgIpc) is 2.45. The Morgan fingerprint density at radius 1 is 1.35 bits per heavy atom. The third-order valence-corrected chi connectivity index (χ3v) is 3.28. The Kier molecular flexibility index (Phi) is 4.93. The van der Waals surface area contributed by atoms with E-state index in [0.717, 1.165) is 5.56 Å². The molecule has 6 heteroatoms. The fourth-order valence-corrected chi connectivity index (χ4v) is 2.07. The summed E-state index contributed by atoms with van der Waals surface area (Å²) in [7, 11) is 1.35. The van der Waals surface area contributed by atoms with Gasteiger partial charge in [-0.25, -0.2) is 9.97 Å². The van der Waals surface area contributed by atoms with Gasteiger partial charge in [-0.3, -0.25) is 4.79 Å². The summed E-state index contributed by atoms with van der Waals surface area (Å²) in [4.78, 5) is 19.6. The number of benzene rings is 1. The number of hydrogen-bond donors (Lipinski definition) is 0. The summed E-state index contributed by atoms with van der Waals surface area (Å²) in [6, 6.07) is 7.21. The van der Waals surface area contributed by atoms with Crippen molar-refractivity contribution < 1.29 is 9.53 Å². The van der Waals surface area contributed by atoms with E-state index in [1.165, 1.54) is 7.11 Å². The lowest BCUT2D eigenvalue weighted by Gasteiger charge is -2.05. The van der Waals surface area contributed by atoms with Crippen LogP contribution in [0.2, 0.25) is 10.2 Å². The summed E-state index contributed by atoms with van der Waals surface area (Å²) in [6.07, 6.45) is 2.31. The van der Waals surface area contributed by atoms with Crippen LogP contribution in [0.25, 0.3) is 11.4 Å². The molecule has 0 spiro atoms. The minimum Gasteiger partial charge on any atom is -0.469 e. The summed E-state index contributed by atoms with van der Waals surface area (Å²) in [5.74, 6) is 0.208. The molecule has 1 heterocycles. The van der Waals surface area contributed by atoms with E-state index in [9.17, 15) is 4.79 Å². The van der Waals surface area contributed by atoms with Crippen molar-refractivity contribution in [1.82, 2.24) is 9.97 Å². The highest BCUT2D eigenvalue weighted by Gasteiger charge is 2.09. The van der Waals surface area contributed by atoms with E-state index in [4.69, 9.17) is 23.2 Å². The van der Waals surface area contributed by atoms with Crippen molar-refractivity contribution in [3.8, 4) is 11.4 Å². The van der Waals surface area contributed by atoms with Gasteiger partial charge in [-0.1, -0.05) is 35.3 Å². The van der Waals surface area contributed by atoms with Crippen molar-refractivity contribution in [2.75, 3.05) is 7.11 Å². The third-order valence-electron chi connectivity index (χ3n) is 2.72. The van der Waals surface area contributed by atoms with Crippen LogP contribution in [0.5, 0.6) is 0 Å². The van der Waals surface area contributed by atoms with Gasteiger partial charge in [0.15, 0.2) is 5.82 Å². The van der Waals surface area contributed by atoms with Gasteiger partial charge >= 0.3 is 5.97 Å². The Morgan fingerprint density at radius 2 is 2.15 bits per heavy atom. The molecule has 0 radical (unpaired) electrons. The summed E-state index contributed by atoms with van der Waals surface area (Å²) < 4.78 is 4.58. The minimum absolute atomic E-state index is 0.246. The molecule has 0 aliphatic heterocycles. The Hall–Kier alpha value is -1.65. The lowest BCUT2D eigenvalue weighted by atomic mass is 10.1. The molecule has 4 nitrogen and oxygen atoms in total. The van der Waals surface area contributed by atoms with Crippen molar-refractivity contribution >= 4 is 29.2 Å². The molecule has 0 amide bonds. The monoisotopic (exact) mass is 310 g/mol. The average molecular weight is 311 g/mol. The lowest BCUT2D eigenvalue weighted by molar-refractivity contribution is -0.140. The molecule has 0 unspecified atom stereocenters. The van der Waals surface area contributed by atoms with Crippen LogP contribution in [0.3, 0.4) is 0 Å². The largest absolute Gasteiger partial charge is 0.469 e. The molecule has 0 fully saturated rings. The molecule has 2 rings (SSSR count). The van der Waals surface area contributed by atoms with E-state index in [2.05, 4.69) is 14.7 Å². The van der Waals surface area contributed by atoms with Crippen molar-refractivity contribution in [2.24, 2.45) is 0 Å². The summed E-state index contributed by atoms with van der Waals surface area (Å²) in [5, 5.41) is 0.941. The third kappa shape index (κ3) is 3.68. The molecular weight excluding hydrogens is 299 g/mol. The lowest BCUT2D eigenvalue weighted by Crippen LogP contribution is -2.03. The molecule has 0 saturated heterocycles. The Bertz CT molecular complexity index is 632. The second-order valence-electron chi connectivity index (χ2n) is 4.10. The van der Waals surface area contributed by atoms with Gasteiger partial charge in [0.1, 0.15) is 5.15 Å². The quantitative estimate of drug-likeness (QED) is 0.640. The van der Waals surface area contributed by atoms with Crippen molar-refractivity contribution in [3.05, 3.63) is 46.2 Å². The molecule has 1 aromatic carbocycles. The molecule has 0 aliphatic rings. The first-order valence-corrected chi connectivity index (χ1v) is 6.70. The van der Waals surface area contributed by atoms with Gasteiger partial charge in [-0.05, 0) is 18.6 Å². The van der Waals surface area contributed by atoms with Crippen molar-refractivity contribution in [1.29, 1.82) is 0 Å². The number of hydrogen-bond acceptors (Lipinski definition) is 4. The highest BCUT2D eigenvalue weighted by molar-refractivity contribution is 6.31. The fourth-order valence-electron chi connectivity index (χ4n) is 1.66. The molecule has 2 aromatic rings. The van der Waals surface area contributed by atoms with Gasteiger partial charge in [0.25, 0.3) is 0 Å². The van der Waals surface area contributed by atoms with Crippen molar-refractivity contribution in [2.45, 2.75) is 12.8 Å². The second kappa shape index (κ2) is 6.68. The smallest absolute Gasteiger partial charge is 0.305 e. The SMILES string of the molecule is COC(=O)CCc1cnc(-c2cccc(Cl)c2)nc1Cl. The van der Waals surface area contributed by atoms with Crippen LogP contribution in [0.1, 0.15) is 12.0 Å². The molecule has 0 saturated carbocycles. The number of methoxy groups -OCH3 is 1. The standard InChI is InChI=1S/C14H12Cl2N2O2/c1-20-12(19)6-5-10-8-17-14(18-13(10)16)9-3-2-4-11(15)7-9/h2-4,7-8H,5-6H2,1H3. The zero-order valence-corrected chi connectivity index (χ0v) is 12.3. The molecule has 1 aromatic heterocycles. The van der Waals surface area contributed by atoms with Crippen LogP contribution in [-0.2, 0) is 16.0 Å². The number of aryl methyl sites for hydroxylation is 1. The van der Waals surface area contributed by atoms with E-state index in [0.29, 0.717) is 28.0 Å². The zero-order valence-electron chi connectivity index (χ0n) is 10.8. The van der Waals surface area contributed by atoms with Crippen LogP contribution in [0, 0.1) is 0 Å². The Balaban J connectivity index is 2.19. The van der Waals surface area contributed by atoms with E-state index < -0.39 is 0 Å². The first-order valence-electron chi connectivity index (χ1n) is 5.94. The number of ether oxygens (including phenoxy) is 1. The van der Waals surface area contributed by atoms with Crippen LogP contribution in [0.15, 0.2) is 30.5 Å². The first-order chi connectivity index (χ1) is 9.60. The fraction of sp³-hybridized carbons (Fsp3) is 0.214. The van der Waals surface area contributed by atoms with E-state index in [1.807, 2.05) is 12.1 Å². The highest BCUT2D eigenvalue weighted by Crippen LogP contribution is 2.22. The molecule has 104 valence electrons. The number of carbonyl (C=O) groups excluding carboxylic acids is 1. The van der Waals surface area contributed by atoms with Crippen LogP contribution in [0.4, 0.5) is 0 Å². The minimum atomic E-state index is -0.292. The number of nitrogens with zero attached hydrogens (tertiary/aromatic N) is 2.